The second kappa shape index (κ2) is 6.08. The van der Waals surface area contributed by atoms with Crippen LogP contribution in [0.3, 0.4) is 0 Å². The maximum atomic E-state index is 10.3. The number of para-hydroxylation sites is 1. The summed E-state index contributed by atoms with van der Waals surface area (Å²) in [6.07, 6.45) is 2.95. The molecule has 1 aromatic carbocycles. The van der Waals surface area contributed by atoms with Crippen molar-refractivity contribution in [3.8, 4) is 0 Å². The van der Waals surface area contributed by atoms with E-state index < -0.39 is 6.10 Å². The number of hydrogen-bond acceptors (Lipinski definition) is 4. The summed E-state index contributed by atoms with van der Waals surface area (Å²) >= 11 is 0. The Morgan fingerprint density at radius 3 is 2.86 bits per heavy atom. The van der Waals surface area contributed by atoms with Gasteiger partial charge in [-0.2, -0.15) is 0 Å². The van der Waals surface area contributed by atoms with E-state index in [0.29, 0.717) is 12.3 Å². The number of aliphatic hydroxyl groups is 1. The third kappa shape index (κ3) is 3.29. The second-order valence-electron chi connectivity index (χ2n) is 5.26. The summed E-state index contributed by atoms with van der Waals surface area (Å²) < 4.78 is 5.69. The molecule has 1 unspecified atom stereocenters. The van der Waals surface area contributed by atoms with Crippen molar-refractivity contribution in [1.29, 1.82) is 0 Å². The van der Waals surface area contributed by atoms with E-state index in [0.717, 1.165) is 23.1 Å². The number of likely N-dealkylation sites (N-methyl/N-ethyl adjacent to an activating group) is 1. The van der Waals surface area contributed by atoms with E-state index in [2.05, 4.69) is 9.88 Å². The van der Waals surface area contributed by atoms with Crippen LogP contribution in [0.2, 0.25) is 0 Å². The van der Waals surface area contributed by atoms with Gasteiger partial charge in [0.15, 0.2) is 0 Å². The Bertz CT molecular complexity index is 676. The molecule has 108 valence electrons. The molecule has 0 aliphatic rings. The third-order valence-corrected chi connectivity index (χ3v) is 3.43. The van der Waals surface area contributed by atoms with Gasteiger partial charge in [0.25, 0.3) is 0 Å². The molecule has 0 fully saturated rings. The minimum atomic E-state index is -0.640. The highest BCUT2D eigenvalue weighted by atomic mass is 16.4. The van der Waals surface area contributed by atoms with E-state index >= 15 is 0 Å². The highest BCUT2D eigenvalue weighted by Gasteiger charge is 2.15. The molecule has 3 aromatic rings. The average molecular weight is 282 g/mol. The summed E-state index contributed by atoms with van der Waals surface area (Å²) in [6, 6.07) is 13.6. The molecule has 0 aliphatic heterocycles. The monoisotopic (exact) mass is 282 g/mol. The number of pyridine rings is 1. The van der Waals surface area contributed by atoms with Crippen molar-refractivity contribution in [2.24, 2.45) is 0 Å². The zero-order valence-electron chi connectivity index (χ0n) is 11.9. The van der Waals surface area contributed by atoms with Crippen LogP contribution in [0.1, 0.15) is 17.4 Å². The predicted octanol–water partition coefficient (Wildman–Crippen LogP) is 2.99. The zero-order chi connectivity index (χ0) is 14.7. The predicted molar refractivity (Wildman–Crippen MR) is 81.7 cm³/mol. The molecule has 2 heterocycles. The lowest BCUT2D eigenvalue weighted by Gasteiger charge is -2.19. The molecular formula is C17H18N2O2. The number of benzene rings is 1. The summed E-state index contributed by atoms with van der Waals surface area (Å²) in [5.74, 6) is 0.606. The van der Waals surface area contributed by atoms with Gasteiger partial charge in [-0.05, 0) is 30.8 Å². The fourth-order valence-electron chi connectivity index (χ4n) is 2.42. The Hall–Kier alpha value is -2.17. The molecule has 1 N–H and O–H groups in total. The standard InChI is InChI=1S/C17H18N2O2/c1-19(11-13-5-4-8-18-10-13)12-15(20)17-9-14-6-2-3-7-16(14)21-17/h2-10,15,20H,11-12H2,1H3. The van der Waals surface area contributed by atoms with Gasteiger partial charge in [-0.25, -0.2) is 0 Å². The van der Waals surface area contributed by atoms with Gasteiger partial charge in [-0.1, -0.05) is 24.3 Å². The average Bonchev–Trinajstić information content (AvgIpc) is 2.92. The summed E-state index contributed by atoms with van der Waals surface area (Å²) in [5.41, 5.74) is 1.93. The topological polar surface area (TPSA) is 49.5 Å². The Kier molecular flexibility index (Phi) is 3.99. The van der Waals surface area contributed by atoms with Gasteiger partial charge < -0.3 is 9.52 Å². The van der Waals surface area contributed by atoms with E-state index in [1.807, 2.05) is 55.7 Å². The van der Waals surface area contributed by atoms with Crippen LogP contribution in [0.4, 0.5) is 0 Å². The number of aliphatic hydroxyl groups excluding tert-OH is 1. The number of rotatable bonds is 5. The fourth-order valence-corrected chi connectivity index (χ4v) is 2.42. The van der Waals surface area contributed by atoms with Crippen LogP contribution < -0.4 is 0 Å². The Labute approximate surface area is 123 Å². The van der Waals surface area contributed by atoms with Gasteiger partial charge in [-0.15, -0.1) is 0 Å². The van der Waals surface area contributed by atoms with Crippen LogP contribution in [0.15, 0.2) is 59.3 Å². The minimum Gasteiger partial charge on any atom is -0.458 e. The van der Waals surface area contributed by atoms with Crippen molar-refractivity contribution in [3.05, 3.63) is 66.2 Å². The Balaban J connectivity index is 1.66. The zero-order valence-corrected chi connectivity index (χ0v) is 11.9. The molecule has 0 amide bonds. The molecule has 0 aliphatic carbocycles. The van der Waals surface area contributed by atoms with Crippen LogP contribution in [0.25, 0.3) is 11.0 Å². The normalized spacial score (nSPS) is 12.9. The molecule has 2 aromatic heterocycles. The smallest absolute Gasteiger partial charge is 0.135 e. The van der Waals surface area contributed by atoms with Gasteiger partial charge in [0, 0.05) is 30.9 Å². The summed E-state index contributed by atoms with van der Waals surface area (Å²) in [7, 11) is 1.97. The van der Waals surface area contributed by atoms with Crippen molar-refractivity contribution < 1.29 is 9.52 Å². The van der Waals surface area contributed by atoms with E-state index in [9.17, 15) is 5.11 Å². The summed E-state index contributed by atoms with van der Waals surface area (Å²) in [6.45, 7) is 1.25. The first-order valence-corrected chi connectivity index (χ1v) is 6.96. The van der Waals surface area contributed by atoms with Crippen LogP contribution in [0, 0.1) is 0 Å². The first-order chi connectivity index (χ1) is 10.2. The third-order valence-electron chi connectivity index (χ3n) is 3.43. The lowest BCUT2D eigenvalue weighted by Crippen LogP contribution is -2.24. The maximum absolute atomic E-state index is 10.3. The SMILES string of the molecule is CN(Cc1cccnc1)CC(O)c1cc2ccccc2o1. The van der Waals surface area contributed by atoms with Crippen molar-refractivity contribution in [2.75, 3.05) is 13.6 Å². The highest BCUT2D eigenvalue weighted by molar-refractivity contribution is 5.77. The van der Waals surface area contributed by atoms with Gasteiger partial charge >= 0.3 is 0 Å². The molecule has 0 saturated carbocycles. The van der Waals surface area contributed by atoms with E-state index in [4.69, 9.17) is 4.42 Å². The first-order valence-electron chi connectivity index (χ1n) is 6.96. The van der Waals surface area contributed by atoms with Crippen molar-refractivity contribution in [1.82, 2.24) is 9.88 Å². The molecule has 0 saturated heterocycles. The number of hydrogen-bond donors (Lipinski definition) is 1. The molecule has 0 spiro atoms. The fraction of sp³-hybridized carbons (Fsp3) is 0.235. The van der Waals surface area contributed by atoms with E-state index in [1.165, 1.54) is 0 Å². The van der Waals surface area contributed by atoms with Gasteiger partial charge in [0.05, 0.1) is 0 Å². The van der Waals surface area contributed by atoms with Gasteiger partial charge in [0.1, 0.15) is 17.4 Å². The molecule has 1 atom stereocenters. The number of furan rings is 1. The van der Waals surface area contributed by atoms with Crippen molar-refractivity contribution in [2.45, 2.75) is 12.6 Å². The van der Waals surface area contributed by atoms with Crippen LogP contribution in [-0.2, 0) is 6.54 Å². The first kappa shape index (κ1) is 13.8. The van der Waals surface area contributed by atoms with E-state index in [-0.39, 0.29) is 0 Å². The number of aromatic nitrogens is 1. The molecule has 3 rings (SSSR count). The largest absolute Gasteiger partial charge is 0.458 e. The molecule has 21 heavy (non-hydrogen) atoms. The second-order valence-corrected chi connectivity index (χ2v) is 5.26. The number of fused-ring (bicyclic) bond motifs is 1. The molecular weight excluding hydrogens is 264 g/mol. The summed E-state index contributed by atoms with van der Waals surface area (Å²) in [4.78, 5) is 6.15. The van der Waals surface area contributed by atoms with Gasteiger partial charge in [-0.3, -0.25) is 9.88 Å². The molecule has 0 bridgehead atoms. The van der Waals surface area contributed by atoms with Gasteiger partial charge in [0.2, 0.25) is 0 Å². The Morgan fingerprint density at radius 2 is 2.10 bits per heavy atom. The Morgan fingerprint density at radius 1 is 1.24 bits per heavy atom. The van der Waals surface area contributed by atoms with Crippen LogP contribution in [-0.4, -0.2) is 28.6 Å². The lowest BCUT2D eigenvalue weighted by atomic mass is 10.2. The highest BCUT2D eigenvalue weighted by Crippen LogP contribution is 2.24. The lowest BCUT2D eigenvalue weighted by molar-refractivity contribution is 0.105. The minimum absolute atomic E-state index is 0.509. The molecule has 0 radical (unpaired) electrons. The maximum Gasteiger partial charge on any atom is 0.135 e. The van der Waals surface area contributed by atoms with Crippen LogP contribution >= 0.6 is 0 Å². The molecule has 4 nitrogen and oxygen atoms in total. The van der Waals surface area contributed by atoms with Crippen molar-refractivity contribution in [3.63, 3.8) is 0 Å². The van der Waals surface area contributed by atoms with Crippen molar-refractivity contribution >= 4 is 11.0 Å². The van der Waals surface area contributed by atoms with E-state index in [1.54, 1.807) is 6.20 Å². The molecule has 4 heteroatoms. The van der Waals surface area contributed by atoms with Crippen LogP contribution in [0.5, 0.6) is 0 Å². The number of nitrogens with zero attached hydrogens (tertiary/aromatic N) is 2. The quantitative estimate of drug-likeness (QED) is 0.781. The summed E-state index contributed by atoms with van der Waals surface area (Å²) in [5, 5.41) is 11.3.